The van der Waals surface area contributed by atoms with Crippen LogP contribution in [0.4, 0.5) is 0 Å². The van der Waals surface area contributed by atoms with Crippen LogP contribution in [0.25, 0.3) is 0 Å². The van der Waals surface area contributed by atoms with E-state index in [4.69, 9.17) is 9.84 Å². The van der Waals surface area contributed by atoms with Gasteiger partial charge in [0.2, 0.25) is 0 Å². The summed E-state index contributed by atoms with van der Waals surface area (Å²) in [6, 6.07) is 7.87. The number of carbonyl (C=O) groups is 1. The smallest absolute Gasteiger partial charge is 0.320 e. The Bertz CT molecular complexity index is 447. The van der Waals surface area contributed by atoms with Gasteiger partial charge in [0.1, 0.15) is 6.04 Å². The molecule has 2 unspecified atom stereocenters. The van der Waals surface area contributed by atoms with Crippen LogP contribution in [0.5, 0.6) is 0 Å². The number of benzene rings is 1. The highest BCUT2D eigenvalue weighted by Crippen LogP contribution is 2.32. The van der Waals surface area contributed by atoms with E-state index in [2.05, 4.69) is 23.5 Å². The van der Waals surface area contributed by atoms with Gasteiger partial charge in [-0.05, 0) is 43.4 Å². The van der Waals surface area contributed by atoms with E-state index in [9.17, 15) is 4.79 Å². The lowest BCUT2D eigenvalue weighted by atomic mass is 9.89. The van der Waals surface area contributed by atoms with E-state index in [1.54, 1.807) is 0 Å². The molecule has 0 bridgehead atoms. The molecule has 0 heterocycles. The molecule has 2 atom stereocenters. The van der Waals surface area contributed by atoms with E-state index in [-0.39, 0.29) is 6.10 Å². The summed E-state index contributed by atoms with van der Waals surface area (Å²) in [7, 11) is 0. The summed E-state index contributed by atoms with van der Waals surface area (Å²) < 4.78 is 5.93. The van der Waals surface area contributed by atoms with Gasteiger partial charge < -0.3 is 15.2 Å². The van der Waals surface area contributed by atoms with Crippen LogP contribution in [-0.2, 0) is 16.0 Å². The monoisotopic (exact) mass is 277 g/mol. The highest BCUT2D eigenvalue weighted by atomic mass is 16.5. The van der Waals surface area contributed by atoms with E-state index < -0.39 is 12.0 Å². The topological polar surface area (TPSA) is 58.6 Å². The molecule has 0 saturated heterocycles. The number of nitrogens with one attached hydrogen (secondary N) is 1. The van der Waals surface area contributed by atoms with Crippen molar-refractivity contribution in [3.8, 4) is 0 Å². The van der Waals surface area contributed by atoms with Crippen molar-refractivity contribution in [1.82, 2.24) is 5.32 Å². The van der Waals surface area contributed by atoms with Crippen LogP contribution in [0, 0.1) is 0 Å². The third-order valence-corrected chi connectivity index (χ3v) is 3.79. The van der Waals surface area contributed by atoms with Crippen LogP contribution in [0.15, 0.2) is 24.3 Å². The number of hydrogen-bond donors (Lipinski definition) is 2. The molecule has 1 aromatic carbocycles. The van der Waals surface area contributed by atoms with Crippen molar-refractivity contribution < 1.29 is 14.6 Å². The maximum absolute atomic E-state index is 11.1. The van der Waals surface area contributed by atoms with Crippen LogP contribution in [-0.4, -0.2) is 30.3 Å². The summed E-state index contributed by atoms with van der Waals surface area (Å²) in [6.45, 7) is 3.04. The van der Waals surface area contributed by atoms with Crippen molar-refractivity contribution in [2.45, 2.75) is 44.8 Å². The van der Waals surface area contributed by atoms with E-state index >= 15 is 0 Å². The maximum atomic E-state index is 11.1. The van der Waals surface area contributed by atoms with E-state index in [0.29, 0.717) is 19.6 Å². The molecule has 1 aromatic rings. The van der Waals surface area contributed by atoms with Crippen LogP contribution in [0.1, 0.15) is 43.4 Å². The average molecular weight is 277 g/mol. The quantitative estimate of drug-likeness (QED) is 0.804. The molecule has 0 spiro atoms. The molecule has 4 nitrogen and oxygen atoms in total. The van der Waals surface area contributed by atoms with Gasteiger partial charge >= 0.3 is 5.97 Å². The number of carboxylic acid groups (broad SMARTS) is 1. The summed E-state index contributed by atoms with van der Waals surface area (Å²) in [6.07, 6.45) is 3.90. The zero-order valence-electron chi connectivity index (χ0n) is 12.0. The molecule has 0 aliphatic heterocycles. The van der Waals surface area contributed by atoms with Crippen molar-refractivity contribution in [3.05, 3.63) is 35.4 Å². The third-order valence-electron chi connectivity index (χ3n) is 3.79. The number of aliphatic carboxylic acids is 1. The standard InChI is InChI=1S/C16H23NO3/c1-2-17-14(16(18)19)10-11-20-15-9-5-7-12-6-3-4-8-13(12)15/h3-4,6,8,14-15,17H,2,5,7,9-11H2,1H3,(H,18,19). The number of rotatable bonds is 7. The van der Waals surface area contributed by atoms with Gasteiger partial charge in [-0.2, -0.15) is 0 Å². The molecule has 110 valence electrons. The lowest BCUT2D eigenvalue weighted by Crippen LogP contribution is -2.37. The fraction of sp³-hybridized carbons (Fsp3) is 0.562. The third kappa shape index (κ3) is 3.81. The number of ether oxygens (including phenoxy) is 1. The van der Waals surface area contributed by atoms with Crippen molar-refractivity contribution in [2.24, 2.45) is 0 Å². The van der Waals surface area contributed by atoms with Crippen LogP contribution in [0.2, 0.25) is 0 Å². The molecule has 20 heavy (non-hydrogen) atoms. The number of fused-ring (bicyclic) bond motifs is 1. The van der Waals surface area contributed by atoms with Crippen LogP contribution >= 0.6 is 0 Å². The summed E-state index contributed by atoms with van der Waals surface area (Å²) >= 11 is 0. The van der Waals surface area contributed by atoms with Gasteiger partial charge in [-0.3, -0.25) is 4.79 Å². The molecule has 0 amide bonds. The normalized spacial score (nSPS) is 19.4. The van der Waals surface area contributed by atoms with Gasteiger partial charge in [-0.1, -0.05) is 31.2 Å². The first-order valence-corrected chi connectivity index (χ1v) is 7.38. The second-order valence-corrected chi connectivity index (χ2v) is 5.19. The number of carboxylic acids is 1. The summed E-state index contributed by atoms with van der Waals surface area (Å²) in [5.74, 6) is -0.806. The van der Waals surface area contributed by atoms with Crippen molar-refractivity contribution in [2.75, 3.05) is 13.2 Å². The first kappa shape index (κ1) is 15.0. The zero-order chi connectivity index (χ0) is 14.4. The minimum absolute atomic E-state index is 0.121. The minimum atomic E-state index is -0.806. The second-order valence-electron chi connectivity index (χ2n) is 5.19. The second kappa shape index (κ2) is 7.41. The molecule has 1 aliphatic rings. The molecule has 2 rings (SSSR count). The first-order chi connectivity index (χ1) is 9.72. The summed E-state index contributed by atoms with van der Waals surface area (Å²) in [5.41, 5.74) is 2.64. The van der Waals surface area contributed by atoms with Crippen molar-refractivity contribution in [1.29, 1.82) is 0 Å². The number of likely N-dealkylation sites (N-methyl/N-ethyl adjacent to an activating group) is 1. The lowest BCUT2D eigenvalue weighted by Gasteiger charge is -2.26. The number of hydrogen-bond acceptors (Lipinski definition) is 3. The zero-order valence-corrected chi connectivity index (χ0v) is 12.0. The van der Waals surface area contributed by atoms with Gasteiger partial charge in [0.25, 0.3) is 0 Å². The Morgan fingerprint density at radius 3 is 3.05 bits per heavy atom. The van der Waals surface area contributed by atoms with Gasteiger partial charge in [-0.25, -0.2) is 0 Å². The highest BCUT2D eigenvalue weighted by molar-refractivity contribution is 5.73. The maximum Gasteiger partial charge on any atom is 0.320 e. The van der Waals surface area contributed by atoms with E-state index in [0.717, 1.165) is 19.3 Å². The Kier molecular flexibility index (Phi) is 5.56. The lowest BCUT2D eigenvalue weighted by molar-refractivity contribution is -0.140. The van der Waals surface area contributed by atoms with E-state index in [1.807, 2.05) is 13.0 Å². The van der Waals surface area contributed by atoms with Gasteiger partial charge in [0.05, 0.1) is 6.10 Å². The summed E-state index contributed by atoms with van der Waals surface area (Å²) in [4.78, 5) is 11.1. The Hall–Kier alpha value is -1.39. The molecular weight excluding hydrogens is 254 g/mol. The molecule has 0 aromatic heterocycles. The van der Waals surface area contributed by atoms with Gasteiger partial charge in [0.15, 0.2) is 0 Å². The van der Waals surface area contributed by atoms with Crippen LogP contribution < -0.4 is 5.32 Å². The predicted octanol–water partition coefficient (Wildman–Crippen LogP) is 2.53. The average Bonchev–Trinajstić information content (AvgIpc) is 2.46. The largest absolute Gasteiger partial charge is 0.480 e. The van der Waals surface area contributed by atoms with E-state index in [1.165, 1.54) is 11.1 Å². The molecule has 4 heteroatoms. The number of aryl methyl sites for hydroxylation is 1. The Morgan fingerprint density at radius 2 is 2.30 bits per heavy atom. The predicted molar refractivity (Wildman–Crippen MR) is 77.8 cm³/mol. The molecule has 0 fully saturated rings. The summed E-state index contributed by atoms with van der Waals surface area (Å²) in [5, 5.41) is 12.0. The van der Waals surface area contributed by atoms with Crippen molar-refractivity contribution in [3.63, 3.8) is 0 Å². The highest BCUT2D eigenvalue weighted by Gasteiger charge is 2.21. The fourth-order valence-corrected chi connectivity index (χ4v) is 2.77. The first-order valence-electron chi connectivity index (χ1n) is 7.38. The molecule has 0 radical (unpaired) electrons. The SMILES string of the molecule is CCNC(CCOC1CCCc2ccccc21)C(=O)O. The Balaban J connectivity index is 1.87. The minimum Gasteiger partial charge on any atom is -0.480 e. The van der Waals surface area contributed by atoms with Gasteiger partial charge in [-0.15, -0.1) is 0 Å². The van der Waals surface area contributed by atoms with Crippen molar-refractivity contribution >= 4 is 5.97 Å². The van der Waals surface area contributed by atoms with Crippen LogP contribution in [0.3, 0.4) is 0 Å². The molecular formula is C16H23NO3. The van der Waals surface area contributed by atoms with Gasteiger partial charge in [0, 0.05) is 6.61 Å². The molecule has 1 aliphatic carbocycles. The Labute approximate surface area is 120 Å². The fourth-order valence-electron chi connectivity index (χ4n) is 2.77. The molecule has 2 N–H and O–H groups in total. The molecule has 0 saturated carbocycles. The Morgan fingerprint density at radius 1 is 1.50 bits per heavy atom.